The number of rotatable bonds is 7. The minimum atomic E-state index is 0.0881. The highest BCUT2D eigenvalue weighted by atomic mass is 16.7. The number of carbonyl (C=O) groups excluding carboxylic acids is 1. The van der Waals surface area contributed by atoms with Crippen molar-refractivity contribution in [1.29, 1.82) is 0 Å². The van der Waals surface area contributed by atoms with Crippen molar-refractivity contribution in [3.63, 3.8) is 0 Å². The van der Waals surface area contributed by atoms with Gasteiger partial charge in [0.05, 0.1) is 7.11 Å². The molecule has 0 spiro atoms. The van der Waals surface area contributed by atoms with E-state index in [-0.39, 0.29) is 5.91 Å². The maximum Gasteiger partial charge on any atom is 0.245 e. The van der Waals surface area contributed by atoms with Crippen LogP contribution in [0, 0.1) is 11.8 Å². The molecule has 0 N–H and O–H groups in total. The van der Waals surface area contributed by atoms with Gasteiger partial charge in [0.15, 0.2) is 0 Å². The molecule has 88 valence electrons. The summed E-state index contributed by atoms with van der Waals surface area (Å²) in [4.78, 5) is 16.2. The molecule has 3 nitrogen and oxygen atoms in total. The smallest absolute Gasteiger partial charge is 0.245 e. The molecule has 0 aromatic heterocycles. The minimum Gasteiger partial charge on any atom is -0.275 e. The summed E-state index contributed by atoms with van der Waals surface area (Å²) in [5.74, 6) is 1.96. The van der Waals surface area contributed by atoms with Gasteiger partial charge in [-0.15, -0.1) is 0 Å². The van der Waals surface area contributed by atoms with E-state index < -0.39 is 0 Å². The van der Waals surface area contributed by atoms with Gasteiger partial charge in [-0.2, -0.15) is 0 Å². The second-order valence-corrected chi connectivity index (χ2v) is 4.51. The average molecular weight is 213 g/mol. The highest BCUT2D eigenvalue weighted by Gasteiger charge is 2.34. The maximum atomic E-state index is 11.4. The van der Waals surface area contributed by atoms with Crippen LogP contribution in [0.1, 0.15) is 45.4 Å². The molecule has 1 rings (SSSR count). The summed E-state index contributed by atoms with van der Waals surface area (Å²) in [6.45, 7) is 2.24. The van der Waals surface area contributed by atoms with Gasteiger partial charge < -0.3 is 0 Å². The Morgan fingerprint density at radius 3 is 2.67 bits per heavy atom. The molecule has 1 saturated carbocycles. The van der Waals surface area contributed by atoms with Crippen molar-refractivity contribution < 1.29 is 9.63 Å². The predicted molar refractivity (Wildman–Crippen MR) is 60.1 cm³/mol. The first-order valence-corrected chi connectivity index (χ1v) is 5.99. The van der Waals surface area contributed by atoms with Crippen LogP contribution in [0.4, 0.5) is 0 Å². The molecular formula is C12H23NO2. The van der Waals surface area contributed by atoms with Crippen LogP contribution in [0.25, 0.3) is 0 Å². The van der Waals surface area contributed by atoms with E-state index in [1.54, 1.807) is 7.05 Å². The fourth-order valence-electron chi connectivity index (χ4n) is 2.16. The van der Waals surface area contributed by atoms with Crippen LogP contribution in [0.15, 0.2) is 0 Å². The molecule has 0 radical (unpaired) electrons. The highest BCUT2D eigenvalue weighted by molar-refractivity contribution is 5.74. The van der Waals surface area contributed by atoms with Crippen molar-refractivity contribution in [2.24, 2.45) is 11.8 Å². The molecule has 2 unspecified atom stereocenters. The lowest BCUT2D eigenvalue weighted by molar-refractivity contribution is -0.168. The molecule has 1 amide bonds. The SMILES string of the molecule is CCCC1CC1CCCC(=O)N(C)OC. The number of hydroxylamine groups is 2. The van der Waals surface area contributed by atoms with Gasteiger partial charge in [-0.25, -0.2) is 5.06 Å². The Morgan fingerprint density at radius 2 is 2.07 bits per heavy atom. The summed E-state index contributed by atoms with van der Waals surface area (Å²) in [5, 5.41) is 1.32. The first-order chi connectivity index (χ1) is 7.19. The van der Waals surface area contributed by atoms with Gasteiger partial charge in [-0.1, -0.05) is 19.8 Å². The van der Waals surface area contributed by atoms with Gasteiger partial charge in [0.2, 0.25) is 5.91 Å². The topological polar surface area (TPSA) is 29.5 Å². The lowest BCUT2D eigenvalue weighted by atomic mass is 10.1. The van der Waals surface area contributed by atoms with Gasteiger partial charge in [-0.3, -0.25) is 9.63 Å². The number of amides is 1. The van der Waals surface area contributed by atoms with Crippen molar-refractivity contribution in [3.8, 4) is 0 Å². The maximum absolute atomic E-state index is 11.4. The first kappa shape index (κ1) is 12.5. The molecule has 0 aliphatic heterocycles. The Kier molecular flexibility index (Phi) is 5.09. The van der Waals surface area contributed by atoms with Gasteiger partial charge >= 0.3 is 0 Å². The van der Waals surface area contributed by atoms with E-state index in [1.807, 2.05) is 0 Å². The Morgan fingerprint density at radius 1 is 1.40 bits per heavy atom. The molecule has 2 atom stereocenters. The van der Waals surface area contributed by atoms with Crippen molar-refractivity contribution in [2.45, 2.75) is 45.4 Å². The normalized spacial score (nSPS) is 23.9. The van der Waals surface area contributed by atoms with Crippen LogP contribution in [0.5, 0.6) is 0 Å². The predicted octanol–water partition coefficient (Wildman–Crippen LogP) is 2.61. The van der Waals surface area contributed by atoms with Crippen LogP contribution in [-0.4, -0.2) is 25.1 Å². The van der Waals surface area contributed by atoms with E-state index >= 15 is 0 Å². The lowest BCUT2D eigenvalue weighted by Crippen LogP contribution is -2.24. The van der Waals surface area contributed by atoms with Crippen molar-refractivity contribution in [2.75, 3.05) is 14.2 Å². The van der Waals surface area contributed by atoms with Crippen LogP contribution in [0.2, 0.25) is 0 Å². The summed E-state index contributed by atoms with van der Waals surface area (Å²) in [6.07, 6.45) is 6.91. The molecule has 1 aliphatic rings. The molecule has 0 heterocycles. The van der Waals surface area contributed by atoms with E-state index in [4.69, 9.17) is 4.84 Å². The Labute approximate surface area is 92.7 Å². The van der Waals surface area contributed by atoms with Crippen molar-refractivity contribution >= 4 is 5.91 Å². The van der Waals surface area contributed by atoms with E-state index in [0.29, 0.717) is 6.42 Å². The summed E-state index contributed by atoms with van der Waals surface area (Å²) < 4.78 is 0. The standard InChI is InChI=1S/C12H23NO2/c1-4-6-10-9-11(10)7-5-8-12(14)13(2)15-3/h10-11H,4-9H2,1-3H3. The Hall–Kier alpha value is -0.570. The van der Waals surface area contributed by atoms with Crippen LogP contribution in [-0.2, 0) is 9.63 Å². The van der Waals surface area contributed by atoms with Crippen LogP contribution in [0.3, 0.4) is 0 Å². The lowest BCUT2D eigenvalue weighted by Gasteiger charge is -2.12. The molecule has 1 aliphatic carbocycles. The van der Waals surface area contributed by atoms with Gasteiger partial charge in [0.1, 0.15) is 0 Å². The van der Waals surface area contributed by atoms with E-state index in [0.717, 1.165) is 18.3 Å². The number of nitrogens with zero attached hydrogens (tertiary/aromatic N) is 1. The molecule has 3 heteroatoms. The zero-order valence-electron chi connectivity index (χ0n) is 10.2. The van der Waals surface area contributed by atoms with E-state index in [1.165, 1.54) is 37.9 Å². The number of carbonyl (C=O) groups is 1. The highest BCUT2D eigenvalue weighted by Crippen LogP contribution is 2.45. The molecule has 15 heavy (non-hydrogen) atoms. The third-order valence-corrected chi connectivity index (χ3v) is 3.32. The zero-order chi connectivity index (χ0) is 11.3. The van der Waals surface area contributed by atoms with Gasteiger partial charge in [-0.05, 0) is 31.1 Å². The molecule has 0 aromatic carbocycles. The minimum absolute atomic E-state index is 0.0881. The fraction of sp³-hybridized carbons (Fsp3) is 0.917. The van der Waals surface area contributed by atoms with E-state index in [9.17, 15) is 4.79 Å². The third-order valence-electron chi connectivity index (χ3n) is 3.32. The molecule has 1 fully saturated rings. The van der Waals surface area contributed by atoms with Gasteiger partial charge in [0, 0.05) is 13.5 Å². The number of hydrogen-bond acceptors (Lipinski definition) is 2. The molecule has 0 aromatic rings. The molecule has 0 saturated heterocycles. The summed E-state index contributed by atoms with van der Waals surface area (Å²) in [6, 6.07) is 0. The fourth-order valence-corrected chi connectivity index (χ4v) is 2.16. The van der Waals surface area contributed by atoms with Gasteiger partial charge in [0.25, 0.3) is 0 Å². The van der Waals surface area contributed by atoms with Crippen molar-refractivity contribution in [3.05, 3.63) is 0 Å². The Balaban J connectivity index is 2.00. The van der Waals surface area contributed by atoms with Crippen LogP contribution >= 0.6 is 0 Å². The molecule has 0 bridgehead atoms. The quantitative estimate of drug-likeness (QED) is 0.608. The zero-order valence-corrected chi connectivity index (χ0v) is 10.2. The molecular weight excluding hydrogens is 190 g/mol. The summed E-state index contributed by atoms with van der Waals surface area (Å²) in [5.41, 5.74) is 0. The number of hydrogen-bond donors (Lipinski definition) is 0. The second kappa shape index (κ2) is 6.11. The van der Waals surface area contributed by atoms with Crippen LogP contribution < -0.4 is 0 Å². The largest absolute Gasteiger partial charge is 0.275 e. The third kappa shape index (κ3) is 4.20. The van der Waals surface area contributed by atoms with Crippen molar-refractivity contribution in [1.82, 2.24) is 5.06 Å². The Bertz CT molecular complexity index is 206. The monoisotopic (exact) mass is 213 g/mol. The second-order valence-electron chi connectivity index (χ2n) is 4.51. The average Bonchev–Trinajstić information content (AvgIpc) is 2.96. The summed E-state index contributed by atoms with van der Waals surface area (Å²) in [7, 11) is 3.19. The summed E-state index contributed by atoms with van der Waals surface area (Å²) >= 11 is 0. The first-order valence-electron chi connectivity index (χ1n) is 5.99. The van der Waals surface area contributed by atoms with E-state index in [2.05, 4.69) is 6.92 Å².